The highest BCUT2D eigenvalue weighted by Gasteiger charge is 2.13. The predicted octanol–water partition coefficient (Wildman–Crippen LogP) is 5.13. The van der Waals surface area contributed by atoms with Crippen LogP contribution in [0.1, 0.15) is 26.4 Å². The first-order chi connectivity index (χ1) is 14.6. The third kappa shape index (κ3) is 5.59. The first-order valence-electron chi connectivity index (χ1n) is 9.66. The second kappa shape index (κ2) is 9.90. The highest BCUT2D eigenvalue weighted by atomic mass is 35.5. The third-order valence-corrected chi connectivity index (χ3v) is 6.38. The first-order valence-corrected chi connectivity index (χ1v) is 11.2. The average molecular weight is 462 g/mol. The third-order valence-electron chi connectivity index (χ3n) is 4.88. The van der Waals surface area contributed by atoms with Gasteiger partial charge >= 0.3 is 0 Å². The molecule has 1 aliphatic rings. The van der Waals surface area contributed by atoms with E-state index in [2.05, 4.69) is 15.2 Å². The van der Waals surface area contributed by atoms with Gasteiger partial charge in [-0.2, -0.15) is 0 Å². The zero-order valence-corrected chi connectivity index (χ0v) is 18.6. The molecule has 0 saturated carbocycles. The molecule has 30 heavy (non-hydrogen) atoms. The van der Waals surface area contributed by atoms with Crippen LogP contribution in [-0.2, 0) is 17.7 Å². The van der Waals surface area contributed by atoms with Crippen LogP contribution in [0.5, 0.6) is 0 Å². The van der Waals surface area contributed by atoms with Gasteiger partial charge in [-0.25, -0.2) is 4.98 Å². The fourth-order valence-corrected chi connectivity index (χ4v) is 4.55. The molecule has 156 valence electrons. The van der Waals surface area contributed by atoms with E-state index in [1.54, 1.807) is 12.3 Å². The fourth-order valence-electron chi connectivity index (χ4n) is 3.25. The summed E-state index contributed by atoms with van der Waals surface area (Å²) >= 11 is 13.6. The Kier molecular flexibility index (Phi) is 7.02. The summed E-state index contributed by atoms with van der Waals surface area (Å²) in [4.78, 5) is 20.2. The van der Waals surface area contributed by atoms with E-state index >= 15 is 0 Å². The lowest BCUT2D eigenvalue weighted by atomic mass is 10.1. The predicted molar refractivity (Wildman–Crippen MR) is 122 cm³/mol. The van der Waals surface area contributed by atoms with Crippen molar-refractivity contribution < 1.29 is 9.53 Å². The van der Waals surface area contributed by atoms with Crippen molar-refractivity contribution in [1.82, 2.24) is 9.88 Å². The molecular formula is C22H21Cl2N3O2S. The van der Waals surface area contributed by atoms with Crippen LogP contribution in [0.2, 0.25) is 10.0 Å². The van der Waals surface area contributed by atoms with E-state index in [0.717, 1.165) is 43.3 Å². The van der Waals surface area contributed by atoms with Gasteiger partial charge in [0.1, 0.15) is 0 Å². The molecule has 1 aromatic heterocycles. The van der Waals surface area contributed by atoms with E-state index in [9.17, 15) is 4.79 Å². The van der Waals surface area contributed by atoms with Gasteiger partial charge in [0.15, 0.2) is 5.13 Å². The highest BCUT2D eigenvalue weighted by Crippen LogP contribution is 2.27. The summed E-state index contributed by atoms with van der Waals surface area (Å²) in [5.74, 6) is -0.168. The molecule has 3 aromatic rings. The van der Waals surface area contributed by atoms with Gasteiger partial charge in [-0.05, 0) is 35.4 Å². The number of nitrogens with one attached hydrogen (secondary N) is 1. The number of thiazole rings is 1. The van der Waals surface area contributed by atoms with Crippen LogP contribution in [0.4, 0.5) is 5.13 Å². The molecule has 1 amide bonds. The maximum absolute atomic E-state index is 12.6. The molecule has 0 radical (unpaired) electrons. The molecule has 0 atom stereocenters. The van der Waals surface area contributed by atoms with Gasteiger partial charge in [0.2, 0.25) is 0 Å². The van der Waals surface area contributed by atoms with Crippen LogP contribution >= 0.6 is 34.5 Å². The molecule has 5 nitrogen and oxygen atoms in total. The maximum Gasteiger partial charge on any atom is 0.257 e. The molecule has 1 fully saturated rings. The van der Waals surface area contributed by atoms with E-state index in [-0.39, 0.29) is 5.91 Å². The van der Waals surface area contributed by atoms with E-state index in [0.29, 0.717) is 27.2 Å². The van der Waals surface area contributed by atoms with Crippen LogP contribution in [0.3, 0.4) is 0 Å². The Morgan fingerprint density at radius 1 is 1.13 bits per heavy atom. The standard InChI is InChI=1S/C22H21Cl2N3O2S/c23-18-6-5-17(20(24)12-18)11-19-13-25-22(30-19)26-21(28)16-3-1-15(2-4-16)14-27-7-9-29-10-8-27/h1-6,12-13H,7-11,14H2,(H,25,26,28). The van der Waals surface area contributed by atoms with Crippen molar-refractivity contribution in [3.63, 3.8) is 0 Å². The number of anilines is 1. The maximum atomic E-state index is 12.6. The molecule has 8 heteroatoms. The van der Waals surface area contributed by atoms with E-state index in [1.165, 1.54) is 16.9 Å². The minimum atomic E-state index is -0.168. The lowest BCUT2D eigenvalue weighted by molar-refractivity contribution is 0.0342. The summed E-state index contributed by atoms with van der Waals surface area (Å²) in [5, 5.41) is 4.68. The van der Waals surface area contributed by atoms with Gasteiger partial charge < -0.3 is 4.74 Å². The van der Waals surface area contributed by atoms with Gasteiger partial charge in [-0.1, -0.05) is 41.4 Å². The number of rotatable bonds is 6. The Hall–Kier alpha value is -1.96. The van der Waals surface area contributed by atoms with Crippen molar-refractivity contribution in [3.05, 3.63) is 80.3 Å². The summed E-state index contributed by atoms with van der Waals surface area (Å²) in [6, 6.07) is 13.2. The number of aromatic nitrogens is 1. The largest absolute Gasteiger partial charge is 0.379 e. The Balaban J connectivity index is 1.34. The number of hydrogen-bond acceptors (Lipinski definition) is 5. The zero-order chi connectivity index (χ0) is 20.9. The summed E-state index contributed by atoms with van der Waals surface area (Å²) in [7, 11) is 0. The van der Waals surface area contributed by atoms with Crippen LogP contribution in [-0.4, -0.2) is 42.1 Å². The molecule has 0 aliphatic carbocycles. The number of halogens is 2. The van der Waals surface area contributed by atoms with Crippen molar-refractivity contribution in [2.45, 2.75) is 13.0 Å². The molecule has 1 N–H and O–H groups in total. The number of hydrogen-bond donors (Lipinski definition) is 1. The number of amides is 1. The lowest BCUT2D eigenvalue weighted by Gasteiger charge is -2.26. The zero-order valence-electron chi connectivity index (χ0n) is 16.2. The Bertz CT molecular complexity index is 1020. The van der Waals surface area contributed by atoms with Crippen molar-refractivity contribution >= 4 is 45.6 Å². The molecule has 0 bridgehead atoms. The first kappa shape index (κ1) is 21.3. The fraction of sp³-hybridized carbons (Fsp3) is 0.273. The summed E-state index contributed by atoms with van der Waals surface area (Å²) in [6.07, 6.45) is 2.40. The van der Waals surface area contributed by atoms with E-state index in [1.807, 2.05) is 36.4 Å². The second-order valence-corrected chi connectivity index (χ2v) is 9.04. The number of carbonyl (C=O) groups excluding carboxylic acids is 1. The van der Waals surface area contributed by atoms with E-state index < -0.39 is 0 Å². The molecular weight excluding hydrogens is 441 g/mol. The van der Waals surface area contributed by atoms with Gasteiger partial charge in [0, 0.05) is 52.7 Å². The Labute approximate surface area is 189 Å². The van der Waals surface area contributed by atoms with Crippen LogP contribution in [0.15, 0.2) is 48.7 Å². The minimum absolute atomic E-state index is 0.168. The quantitative estimate of drug-likeness (QED) is 0.552. The van der Waals surface area contributed by atoms with Crippen molar-refractivity contribution in [2.24, 2.45) is 0 Å². The van der Waals surface area contributed by atoms with Crippen molar-refractivity contribution in [2.75, 3.05) is 31.6 Å². The molecule has 1 saturated heterocycles. The number of ether oxygens (including phenoxy) is 1. The highest BCUT2D eigenvalue weighted by molar-refractivity contribution is 7.15. The second-order valence-electron chi connectivity index (χ2n) is 7.08. The molecule has 2 aromatic carbocycles. The minimum Gasteiger partial charge on any atom is -0.379 e. The summed E-state index contributed by atoms with van der Waals surface area (Å²) in [5.41, 5.74) is 2.77. The molecule has 4 rings (SSSR count). The lowest BCUT2D eigenvalue weighted by Crippen LogP contribution is -2.35. The van der Waals surface area contributed by atoms with Crippen LogP contribution in [0.25, 0.3) is 0 Å². The van der Waals surface area contributed by atoms with Gasteiger partial charge in [-0.15, -0.1) is 11.3 Å². The molecule has 1 aliphatic heterocycles. The van der Waals surface area contributed by atoms with Crippen LogP contribution < -0.4 is 5.32 Å². The number of nitrogens with zero attached hydrogens (tertiary/aromatic N) is 2. The van der Waals surface area contributed by atoms with Gasteiger partial charge in [-0.3, -0.25) is 15.0 Å². The van der Waals surface area contributed by atoms with Crippen molar-refractivity contribution in [1.29, 1.82) is 0 Å². The van der Waals surface area contributed by atoms with E-state index in [4.69, 9.17) is 27.9 Å². The number of benzene rings is 2. The topological polar surface area (TPSA) is 54.5 Å². The normalized spacial score (nSPS) is 14.6. The SMILES string of the molecule is O=C(Nc1ncc(Cc2ccc(Cl)cc2Cl)s1)c1ccc(CN2CCOCC2)cc1. The average Bonchev–Trinajstić information content (AvgIpc) is 3.18. The monoisotopic (exact) mass is 461 g/mol. The Morgan fingerprint density at radius 3 is 2.63 bits per heavy atom. The van der Waals surface area contributed by atoms with Crippen molar-refractivity contribution in [3.8, 4) is 0 Å². The van der Waals surface area contributed by atoms with Crippen LogP contribution in [0, 0.1) is 0 Å². The number of carbonyl (C=O) groups is 1. The molecule has 0 spiro atoms. The van der Waals surface area contributed by atoms with Gasteiger partial charge in [0.05, 0.1) is 13.2 Å². The summed E-state index contributed by atoms with van der Waals surface area (Å²) in [6.45, 7) is 4.31. The Morgan fingerprint density at radius 2 is 1.90 bits per heavy atom. The summed E-state index contributed by atoms with van der Waals surface area (Å²) < 4.78 is 5.38. The van der Waals surface area contributed by atoms with Gasteiger partial charge in [0.25, 0.3) is 5.91 Å². The molecule has 0 unspecified atom stereocenters. The smallest absolute Gasteiger partial charge is 0.257 e. The number of morpholine rings is 1. The molecule has 2 heterocycles.